The first-order valence-electron chi connectivity index (χ1n) is 19.7. The van der Waals surface area contributed by atoms with Gasteiger partial charge in [0.15, 0.2) is 8.07 Å². The topological polar surface area (TPSA) is 9.86 Å². The van der Waals surface area contributed by atoms with Crippen molar-refractivity contribution in [3.63, 3.8) is 0 Å². The Morgan fingerprint density at radius 1 is 0.281 bits per heavy atom. The van der Waals surface area contributed by atoms with Crippen LogP contribution in [0.1, 0.15) is 0 Å². The molecular formula is C54H38N2Si. The number of para-hydroxylation sites is 3. The Kier molecular flexibility index (Phi) is 7.87. The third kappa shape index (κ3) is 5.17. The van der Waals surface area contributed by atoms with Crippen molar-refractivity contribution in [2.75, 3.05) is 0 Å². The summed E-state index contributed by atoms with van der Waals surface area (Å²) in [4.78, 5) is 0. The molecule has 0 N–H and O–H groups in total. The maximum Gasteiger partial charge on any atom is 0.181 e. The average Bonchev–Trinajstić information content (AvgIpc) is 3.81. The summed E-state index contributed by atoms with van der Waals surface area (Å²) >= 11 is 0. The zero-order valence-electron chi connectivity index (χ0n) is 31.3. The number of nitrogens with zero attached hydrogens (tertiary/aromatic N) is 2. The average molecular weight is 743 g/mol. The van der Waals surface area contributed by atoms with E-state index in [0.717, 1.165) is 11.4 Å². The maximum atomic E-state index is 2.55. The lowest BCUT2D eigenvalue weighted by atomic mass is 10.1. The molecule has 0 spiro atoms. The Hall–Kier alpha value is -7.20. The van der Waals surface area contributed by atoms with Crippen molar-refractivity contribution in [3.05, 3.63) is 231 Å². The molecule has 2 heterocycles. The highest BCUT2D eigenvalue weighted by atomic mass is 28.3. The van der Waals surface area contributed by atoms with Gasteiger partial charge in [0.2, 0.25) is 0 Å². The molecule has 11 aromatic rings. The predicted octanol–water partition coefficient (Wildman–Crippen LogP) is 10.9. The molecule has 268 valence electrons. The fraction of sp³-hybridized carbons (Fsp3) is 0. The van der Waals surface area contributed by atoms with Crippen LogP contribution in [0.3, 0.4) is 0 Å². The Bertz CT molecular complexity index is 3120. The SMILES string of the molecule is c1ccc(-c2cccc(-n3c4ccccc4c4ccc(-n5c6ccccc6c6cccc([Si](c7ccccc7)(c7ccccc7)c7ccccc7)c65)cc43)c2)cc1. The van der Waals surface area contributed by atoms with Crippen molar-refractivity contribution in [1.29, 1.82) is 0 Å². The van der Waals surface area contributed by atoms with E-state index in [2.05, 4.69) is 240 Å². The quantitative estimate of drug-likeness (QED) is 0.114. The standard InChI is InChI=1S/C54H38N2Si/c1-5-19-39(20-6-1)40-21-17-22-41(37-40)55-50-32-15-13-29-46(50)48-36-35-42(38-52(48)55)56-51-33-16-14-30-47(51)49-31-18-34-53(54(49)56)57(43-23-7-2-8-24-43,44-25-9-3-10-26-44)45-27-11-4-12-28-45/h1-38H. The van der Waals surface area contributed by atoms with Crippen molar-refractivity contribution in [2.45, 2.75) is 0 Å². The molecule has 11 rings (SSSR count). The second kappa shape index (κ2) is 13.5. The monoisotopic (exact) mass is 742 g/mol. The molecule has 0 amide bonds. The molecule has 0 atom stereocenters. The van der Waals surface area contributed by atoms with Crippen LogP contribution in [0, 0.1) is 0 Å². The summed E-state index contributed by atoms with van der Waals surface area (Å²) in [6.45, 7) is 0. The first kappa shape index (κ1) is 33.2. The van der Waals surface area contributed by atoms with Gasteiger partial charge in [-0.15, -0.1) is 0 Å². The Labute approximate surface area is 333 Å². The second-order valence-corrected chi connectivity index (χ2v) is 18.6. The number of fused-ring (bicyclic) bond motifs is 6. The highest BCUT2D eigenvalue weighted by Crippen LogP contribution is 2.37. The molecule has 2 nitrogen and oxygen atoms in total. The lowest BCUT2D eigenvalue weighted by molar-refractivity contribution is 1.16. The molecule has 0 aliphatic carbocycles. The lowest BCUT2D eigenvalue weighted by Crippen LogP contribution is -2.75. The minimum absolute atomic E-state index is 1.14. The molecule has 3 heteroatoms. The van der Waals surface area contributed by atoms with Crippen LogP contribution < -0.4 is 20.7 Å². The van der Waals surface area contributed by atoms with E-state index in [-0.39, 0.29) is 0 Å². The van der Waals surface area contributed by atoms with Gasteiger partial charge in [-0.25, -0.2) is 0 Å². The number of benzene rings is 9. The molecule has 0 aliphatic rings. The van der Waals surface area contributed by atoms with E-state index in [4.69, 9.17) is 0 Å². The molecular weight excluding hydrogens is 705 g/mol. The van der Waals surface area contributed by atoms with Gasteiger partial charge >= 0.3 is 0 Å². The third-order valence-corrected chi connectivity index (χ3v) is 16.7. The summed E-state index contributed by atoms with van der Waals surface area (Å²) < 4.78 is 5.00. The zero-order valence-corrected chi connectivity index (χ0v) is 32.3. The van der Waals surface area contributed by atoms with Gasteiger partial charge in [0, 0.05) is 32.9 Å². The van der Waals surface area contributed by atoms with E-state index in [1.54, 1.807) is 0 Å². The first-order chi connectivity index (χ1) is 28.3. The van der Waals surface area contributed by atoms with Gasteiger partial charge in [0.05, 0.1) is 22.1 Å². The minimum Gasteiger partial charge on any atom is -0.309 e. The van der Waals surface area contributed by atoms with Gasteiger partial charge in [-0.05, 0) is 68.3 Å². The summed E-state index contributed by atoms with van der Waals surface area (Å²) in [6.07, 6.45) is 0. The maximum absolute atomic E-state index is 2.90. The smallest absolute Gasteiger partial charge is 0.181 e. The van der Waals surface area contributed by atoms with Crippen LogP contribution in [-0.2, 0) is 0 Å². The van der Waals surface area contributed by atoms with E-state index in [1.807, 2.05) is 0 Å². The van der Waals surface area contributed by atoms with Crippen LogP contribution in [-0.4, -0.2) is 17.2 Å². The number of hydrogen-bond acceptors (Lipinski definition) is 0. The van der Waals surface area contributed by atoms with Gasteiger partial charge in [0.1, 0.15) is 0 Å². The summed E-state index contributed by atoms with van der Waals surface area (Å²) in [5, 5.41) is 10.5. The van der Waals surface area contributed by atoms with E-state index >= 15 is 0 Å². The highest BCUT2D eigenvalue weighted by Gasteiger charge is 2.43. The van der Waals surface area contributed by atoms with Crippen molar-refractivity contribution in [2.24, 2.45) is 0 Å². The molecule has 0 saturated carbocycles. The van der Waals surface area contributed by atoms with E-state index in [9.17, 15) is 0 Å². The predicted molar refractivity (Wildman–Crippen MR) is 244 cm³/mol. The summed E-state index contributed by atoms with van der Waals surface area (Å²) in [5.41, 5.74) is 9.53. The van der Waals surface area contributed by atoms with E-state index in [1.165, 1.54) is 75.5 Å². The van der Waals surface area contributed by atoms with Crippen molar-refractivity contribution < 1.29 is 0 Å². The first-order valence-corrected chi connectivity index (χ1v) is 21.7. The lowest BCUT2D eigenvalue weighted by Gasteiger charge is -2.35. The van der Waals surface area contributed by atoms with Gasteiger partial charge < -0.3 is 9.13 Å². The molecule has 0 fully saturated rings. The van der Waals surface area contributed by atoms with Crippen LogP contribution in [0.25, 0.3) is 66.1 Å². The Morgan fingerprint density at radius 3 is 1.37 bits per heavy atom. The third-order valence-electron chi connectivity index (χ3n) is 11.8. The number of hydrogen-bond donors (Lipinski definition) is 0. The van der Waals surface area contributed by atoms with Crippen LogP contribution in [0.15, 0.2) is 231 Å². The van der Waals surface area contributed by atoms with Gasteiger partial charge in [-0.2, -0.15) is 0 Å². The molecule has 9 aromatic carbocycles. The highest BCUT2D eigenvalue weighted by molar-refractivity contribution is 7.20. The minimum atomic E-state index is -2.90. The van der Waals surface area contributed by atoms with Crippen LogP contribution in [0.5, 0.6) is 0 Å². The molecule has 0 radical (unpaired) electrons. The molecule has 2 aromatic heterocycles. The van der Waals surface area contributed by atoms with Gasteiger partial charge in [0.25, 0.3) is 0 Å². The number of rotatable bonds is 7. The summed E-state index contributed by atoms with van der Waals surface area (Å²) in [5.74, 6) is 0. The van der Waals surface area contributed by atoms with Gasteiger partial charge in [-0.3, -0.25) is 0 Å². The zero-order chi connectivity index (χ0) is 37.8. The molecule has 57 heavy (non-hydrogen) atoms. The Morgan fingerprint density at radius 2 is 0.737 bits per heavy atom. The molecule has 0 unspecified atom stereocenters. The van der Waals surface area contributed by atoms with Gasteiger partial charge in [-0.1, -0.05) is 194 Å². The molecule has 0 aliphatic heterocycles. The fourth-order valence-electron chi connectivity index (χ4n) is 9.45. The summed E-state index contributed by atoms with van der Waals surface area (Å²) in [7, 11) is -2.90. The normalized spacial score (nSPS) is 11.9. The second-order valence-electron chi connectivity index (χ2n) is 14.9. The van der Waals surface area contributed by atoms with Crippen LogP contribution >= 0.6 is 0 Å². The molecule has 0 bridgehead atoms. The van der Waals surface area contributed by atoms with E-state index < -0.39 is 8.07 Å². The van der Waals surface area contributed by atoms with Crippen molar-refractivity contribution in [1.82, 2.24) is 9.13 Å². The Balaban J connectivity index is 1.25. The summed E-state index contributed by atoms with van der Waals surface area (Å²) in [6, 6.07) is 85.3. The van der Waals surface area contributed by atoms with Crippen molar-refractivity contribution >= 4 is 72.4 Å². The van der Waals surface area contributed by atoms with E-state index in [0.29, 0.717) is 0 Å². The molecule has 0 saturated heterocycles. The van der Waals surface area contributed by atoms with Crippen molar-refractivity contribution in [3.8, 4) is 22.5 Å². The van der Waals surface area contributed by atoms with Crippen LogP contribution in [0.2, 0.25) is 0 Å². The number of aromatic nitrogens is 2. The van der Waals surface area contributed by atoms with Crippen LogP contribution in [0.4, 0.5) is 0 Å². The largest absolute Gasteiger partial charge is 0.309 e. The fourth-order valence-corrected chi connectivity index (χ4v) is 14.4.